The van der Waals surface area contributed by atoms with E-state index in [2.05, 4.69) is 114 Å². The van der Waals surface area contributed by atoms with E-state index in [1.54, 1.807) is 23.0 Å². The molecule has 36 heavy (non-hydrogen) atoms. The van der Waals surface area contributed by atoms with E-state index in [1.165, 1.54) is 11.1 Å². The molecule has 0 unspecified atom stereocenters. The van der Waals surface area contributed by atoms with E-state index in [4.69, 9.17) is 11.9 Å². The Morgan fingerprint density at radius 2 is 1.00 bits per heavy atom. The lowest BCUT2D eigenvalue weighted by Crippen LogP contribution is -2.23. The standard InChI is InChI=1S/C30H44IO4P/c1-18-21-14-19(27(2,3)4)16-23(29(8,9)10)25(21)33-36(32,35-31)34-26-22(18)15-20(28(5,6)7)17-24(26)30(11,12)13/h14-18H,1-13H3. The lowest BCUT2D eigenvalue weighted by molar-refractivity contribution is 0.311. The number of halogens is 1. The monoisotopic (exact) mass is 626 g/mol. The van der Waals surface area contributed by atoms with E-state index in [0.717, 1.165) is 22.3 Å². The molecular weight excluding hydrogens is 582 g/mol. The molecule has 2 aromatic rings. The van der Waals surface area contributed by atoms with Crippen LogP contribution in [0.1, 0.15) is 129 Å². The second-order valence-electron chi connectivity index (χ2n) is 14.3. The van der Waals surface area contributed by atoms with Crippen LogP contribution in [0.4, 0.5) is 0 Å². The molecule has 0 saturated carbocycles. The molecule has 200 valence electrons. The number of benzene rings is 2. The Labute approximate surface area is 233 Å². The van der Waals surface area contributed by atoms with Crippen LogP contribution in [-0.2, 0) is 29.1 Å². The second-order valence-corrected chi connectivity index (χ2v) is 16.9. The second kappa shape index (κ2) is 9.31. The number of phosphoric ester groups is 1. The van der Waals surface area contributed by atoms with Crippen LogP contribution in [0.3, 0.4) is 0 Å². The van der Waals surface area contributed by atoms with E-state index in [-0.39, 0.29) is 27.6 Å². The summed E-state index contributed by atoms with van der Waals surface area (Å²) in [6.45, 7) is 28.5. The third kappa shape index (κ3) is 5.83. The summed E-state index contributed by atoms with van der Waals surface area (Å²) in [6, 6.07) is 8.83. The van der Waals surface area contributed by atoms with Crippen molar-refractivity contribution >= 4 is 30.8 Å². The maximum Gasteiger partial charge on any atom is 0.597 e. The van der Waals surface area contributed by atoms with Gasteiger partial charge in [-0.2, -0.15) is 2.85 Å². The fraction of sp³-hybridized carbons (Fsp3) is 0.600. The molecule has 3 rings (SSSR count). The van der Waals surface area contributed by atoms with Gasteiger partial charge in [-0.25, -0.2) is 4.57 Å². The number of rotatable bonds is 1. The number of phosphoric acid groups is 1. The maximum absolute atomic E-state index is 14.1. The molecule has 1 aliphatic rings. The molecule has 0 aromatic heterocycles. The lowest BCUT2D eigenvalue weighted by atomic mass is 9.74. The summed E-state index contributed by atoms with van der Waals surface area (Å²) < 4.78 is 32.1. The smallest absolute Gasteiger partial charge is 0.394 e. The largest absolute Gasteiger partial charge is 0.597 e. The van der Waals surface area contributed by atoms with Crippen LogP contribution in [0.25, 0.3) is 0 Å². The summed E-state index contributed by atoms with van der Waals surface area (Å²) in [4.78, 5) is 0. The molecule has 0 N–H and O–H groups in total. The van der Waals surface area contributed by atoms with Gasteiger partial charge in [0.15, 0.2) is 0 Å². The first-order chi connectivity index (χ1) is 16.1. The Hall–Kier alpha value is -1.04. The van der Waals surface area contributed by atoms with Gasteiger partial charge in [0.1, 0.15) is 34.5 Å². The van der Waals surface area contributed by atoms with Gasteiger partial charge < -0.3 is 9.05 Å². The topological polar surface area (TPSA) is 44.8 Å². The summed E-state index contributed by atoms with van der Waals surface area (Å²) in [5.41, 5.74) is 5.85. The van der Waals surface area contributed by atoms with Crippen molar-refractivity contribution in [1.82, 2.24) is 0 Å². The number of fused-ring (bicyclic) bond motifs is 2. The number of hydrogen-bond donors (Lipinski definition) is 0. The van der Waals surface area contributed by atoms with Crippen LogP contribution < -0.4 is 9.05 Å². The maximum atomic E-state index is 14.1. The highest BCUT2D eigenvalue weighted by atomic mass is 127. The van der Waals surface area contributed by atoms with Gasteiger partial charge in [0, 0.05) is 28.2 Å². The highest BCUT2D eigenvalue weighted by molar-refractivity contribution is 14.1. The quantitative estimate of drug-likeness (QED) is 0.233. The highest BCUT2D eigenvalue weighted by Gasteiger charge is 2.42. The molecule has 4 nitrogen and oxygen atoms in total. The third-order valence-corrected chi connectivity index (χ3v) is 9.44. The van der Waals surface area contributed by atoms with Crippen LogP contribution in [0.15, 0.2) is 24.3 Å². The minimum absolute atomic E-state index is 0.0511. The molecule has 0 bridgehead atoms. The molecule has 0 spiro atoms. The van der Waals surface area contributed by atoms with Crippen LogP contribution in [0.2, 0.25) is 0 Å². The molecule has 1 aliphatic heterocycles. The normalized spacial score (nSPS) is 21.0. The minimum Gasteiger partial charge on any atom is -0.394 e. The Morgan fingerprint density at radius 1 is 0.667 bits per heavy atom. The van der Waals surface area contributed by atoms with Gasteiger partial charge >= 0.3 is 7.82 Å². The fourth-order valence-electron chi connectivity index (χ4n) is 4.57. The molecule has 0 radical (unpaired) electrons. The zero-order chi connectivity index (χ0) is 27.6. The van der Waals surface area contributed by atoms with Gasteiger partial charge in [0.25, 0.3) is 0 Å². The predicted octanol–water partition coefficient (Wildman–Crippen LogP) is 10.3. The molecule has 2 aromatic carbocycles. The van der Waals surface area contributed by atoms with Crippen LogP contribution in [0.5, 0.6) is 11.5 Å². The van der Waals surface area contributed by atoms with Gasteiger partial charge in [0.2, 0.25) is 0 Å². The minimum atomic E-state index is -3.97. The van der Waals surface area contributed by atoms with Crippen molar-refractivity contribution in [1.29, 1.82) is 0 Å². The summed E-state index contributed by atoms with van der Waals surface area (Å²) >= 11 is 1.65. The molecular formula is C30H44IO4P. The van der Waals surface area contributed by atoms with E-state index < -0.39 is 7.82 Å². The summed E-state index contributed by atoms with van der Waals surface area (Å²) in [6.07, 6.45) is 0. The SMILES string of the molecule is CC1c2cc(C(C)(C)C)cc(C(C)(C)C)c2OP(=O)(OI)Oc2c1cc(C(C)(C)C)cc2C(C)(C)C. The number of hydrogen-bond acceptors (Lipinski definition) is 4. The van der Waals surface area contributed by atoms with Gasteiger partial charge in [-0.1, -0.05) is 114 Å². The van der Waals surface area contributed by atoms with E-state index in [0.29, 0.717) is 11.5 Å². The Balaban J connectivity index is 2.53. The van der Waals surface area contributed by atoms with E-state index >= 15 is 0 Å². The summed E-state index contributed by atoms with van der Waals surface area (Å²) in [5, 5.41) is 0. The van der Waals surface area contributed by atoms with Gasteiger partial charge in [0.05, 0.1) is 0 Å². The zero-order valence-electron chi connectivity index (χ0n) is 24.3. The van der Waals surface area contributed by atoms with Crippen molar-refractivity contribution in [3.63, 3.8) is 0 Å². The molecule has 0 aliphatic carbocycles. The van der Waals surface area contributed by atoms with Crippen molar-refractivity contribution < 1.29 is 16.5 Å². The third-order valence-electron chi connectivity index (χ3n) is 7.01. The van der Waals surface area contributed by atoms with Crippen molar-refractivity contribution in [3.8, 4) is 11.5 Å². The van der Waals surface area contributed by atoms with Crippen molar-refractivity contribution in [2.45, 2.75) is 118 Å². The zero-order valence-corrected chi connectivity index (χ0v) is 27.4. The average molecular weight is 627 g/mol. The molecule has 0 saturated heterocycles. The van der Waals surface area contributed by atoms with Gasteiger partial charge in [-0.15, -0.1) is 0 Å². The summed E-state index contributed by atoms with van der Waals surface area (Å²) in [7, 11) is -3.97. The molecule has 0 fully saturated rings. The Kier molecular flexibility index (Phi) is 7.63. The van der Waals surface area contributed by atoms with Crippen molar-refractivity contribution in [3.05, 3.63) is 57.6 Å². The fourth-order valence-corrected chi connectivity index (χ4v) is 6.00. The van der Waals surface area contributed by atoms with Crippen molar-refractivity contribution in [2.75, 3.05) is 0 Å². The first kappa shape index (κ1) is 29.5. The molecule has 0 amide bonds. The van der Waals surface area contributed by atoms with Crippen LogP contribution in [-0.4, -0.2) is 0 Å². The molecule has 1 heterocycles. The highest BCUT2D eigenvalue weighted by Crippen LogP contribution is 2.60. The van der Waals surface area contributed by atoms with Gasteiger partial charge in [-0.05, 0) is 32.8 Å². The van der Waals surface area contributed by atoms with E-state index in [9.17, 15) is 4.57 Å². The lowest BCUT2D eigenvalue weighted by Gasteiger charge is -2.36. The first-order valence-electron chi connectivity index (χ1n) is 12.8. The first-order valence-corrected chi connectivity index (χ1v) is 15.1. The van der Waals surface area contributed by atoms with Crippen molar-refractivity contribution in [2.24, 2.45) is 0 Å². The summed E-state index contributed by atoms with van der Waals surface area (Å²) in [5.74, 6) is 1.16. The van der Waals surface area contributed by atoms with Gasteiger partial charge in [-0.3, -0.25) is 0 Å². The Bertz CT molecular complexity index is 1110. The average Bonchev–Trinajstić information content (AvgIpc) is 2.69. The Morgan fingerprint density at radius 3 is 1.25 bits per heavy atom. The van der Waals surface area contributed by atoms with Crippen LogP contribution >= 0.6 is 30.8 Å². The van der Waals surface area contributed by atoms with Crippen LogP contribution in [0, 0.1) is 0 Å². The predicted molar refractivity (Wildman–Crippen MR) is 159 cm³/mol. The molecule has 6 heteroatoms. The van der Waals surface area contributed by atoms with E-state index in [1.807, 2.05) is 0 Å². The molecule has 0 atom stereocenters.